The first kappa shape index (κ1) is 12.5. The van der Waals surface area contributed by atoms with E-state index in [-0.39, 0.29) is 11.8 Å². The Kier molecular flexibility index (Phi) is 4.58. The van der Waals surface area contributed by atoms with Crippen molar-refractivity contribution < 1.29 is 9.90 Å². The summed E-state index contributed by atoms with van der Waals surface area (Å²) < 4.78 is 0. The minimum Gasteiger partial charge on any atom is -0.383 e. The Balaban J connectivity index is 2.42. The van der Waals surface area contributed by atoms with Crippen molar-refractivity contribution in [2.24, 2.45) is 11.8 Å². The van der Waals surface area contributed by atoms with Gasteiger partial charge in [-0.3, -0.25) is 4.79 Å². The zero-order valence-electron chi connectivity index (χ0n) is 10.1. The van der Waals surface area contributed by atoms with Crippen molar-refractivity contribution in [3.05, 3.63) is 0 Å². The van der Waals surface area contributed by atoms with E-state index in [1.165, 1.54) is 6.42 Å². The van der Waals surface area contributed by atoms with Gasteiger partial charge in [0.1, 0.15) is 6.10 Å². The van der Waals surface area contributed by atoms with Crippen LogP contribution in [0.4, 0.5) is 0 Å². The van der Waals surface area contributed by atoms with Gasteiger partial charge in [0.05, 0.1) is 0 Å². The first-order valence-electron chi connectivity index (χ1n) is 6.03. The van der Waals surface area contributed by atoms with E-state index in [4.69, 9.17) is 0 Å². The molecule has 0 aliphatic carbocycles. The number of carbonyl (C=O) groups excluding carboxylic acids is 1. The number of nitrogens with zero attached hydrogens (tertiary/aromatic N) is 1. The summed E-state index contributed by atoms with van der Waals surface area (Å²) >= 11 is 0. The van der Waals surface area contributed by atoms with Crippen LogP contribution in [0.25, 0.3) is 0 Å². The zero-order valence-corrected chi connectivity index (χ0v) is 10.1. The van der Waals surface area contributed by atoms with Gasteiger partial charge in [0.15, 0.2) is 0 Å². The van der Waals surface area contributed by atoms with Crippen LogP contribution in [0.2, 0.25) is 0 Å². The summed E-state index contributed by atoms with van der Waals surface area (Å²) in [5.41, 5.74) is 0. The highest BCUT2D eigenvalue weighted by Crippen LogP contribution is 2.21. The van der Waals surface area contributed by atoms with Crippen LogP contribution < -0.4 is 0 Å². The van der Waals surface area contributed by atoms with Gasteiger partial charge in [-0.25, -0.2) is 0 Å². The summed E-state index contributed by atoms with van der Waals surface area (Å²) in [7, 11) is 0. The van der Waals surface area contributed by atoms with Gasteiger partial charge in [-0.2, -0.15) is 0 Å². The minimum atomic E-state index is -0.817. The van der Waals surface area contributed by atoms with Crippen molar-refractivity contribution in [2.75, 3.05) is 13.1 Å². The molecule has 0 bridgehead atoms. The first-order valence-corrected chi connectivity index (χ1v) is 6.03. The molecule has 0 spiro atoms. The summed E-state index contributed by atoms with van der Waals surface area (Å²) in [6.07, 6.45) is 2.57. The van der Waals surface area contributed by atoms with Gasteiger partial charge < -0.3 is 10.0 Å². The number of carbonyl (C=O) groups is 1. The average Bonchev–Trinajstić information content (AvgIpc) is 2.27. The maximum atomic E-state index is 11.8. The normalized spacial score (nSPS) is 20.7. The van der Waals surface area contributed by atoms with Crippen molar-refractivity contribution in [2.45, 2.75) is 46.1 Å². The lowest BCUT2D eigenvalue weighted by molar-refractivity contribution is -0.143. The maximum Gasteiger partial charge on any atom is 0.251 e. The van der Waals surface area contributed by atoms with Crippen LogP contribution in [0.15, 0.2) is 0 Å². The summed E-state index contributed by atoms with van der Waals surface area (Å²) in [6, 6.07) is 0. The van der Waals surface area contributed by atoms with Crippen LogP contribution in [0, 0.1) is 11.8 Å². The fourth-order valence-corrected chi connectivity index (χ4v) is 2.03. The van der Waals surface area contributed by atoms with Crippen LogP contribution >= 0.6 is 0 Å². The van der Waals surface area contributed by atoms with Crippen LogP contribution in [0.3, 0.4) is 0 Å². The molecule has 1 aliphatic heterocycles. The molecule has 1 amide bonds. The Labute approximate surface area is 92.5 Å². The lowest BCUT2D eigenvalue weighted by Gasteiger charge is -2.33. The van der Waals surface area contributed by atoms with Crippen LogP contribution in [-0.4, -0.2) is 35.1 Å². The molecule has 3 heteroatoms. The number of rotatable bonds is 3. The van der Waals surface area contributed by atoms with E-state index < -0.39 is 6.10 Å². The second kappa shape index (κ2) is 5.50. The molecule has 15 heavy (non-hydrogen) atoms. The Morgan fingerprint density at radius 2 is 1.93 bits per heavy atom. The van der Waals surface area contributed by atoms with Gasteiger partial charge in [0, 0.05) is 13.1 Å². The van der Waals surface area contributed by atoms with Crippen molar-refractivity contribution >= 4 is 5.91 Å². The van der Waals surface area contributed by atoms with E-state index >= 15 is 0 Å². The predicted octanol–water partition coefficient (Wildman–Crippen LogP) is 1.65. The third kappa shape index (κ3) is 3.20. The number of likely N-dealkylation sites (tertiary alicyclic amines) is 1. The van der Waals surface area contributed by atoms with Crippen LogP contribution in [-0.2, 0) is 4.79 Å². The molecule has 0 aromatic rings. The standard InChI is InChI=1S/C12H23NO2/c1-4-10-5-7-13(8-6-10)12(15)11(14)9(2)3/h9-11,14H,4-8H2,1-3H3. The molecule has 1 fully saturated rings. The first-order chi connectivity index (χ1) is 7.06. The molecular formula is C12H23NO2. The Hall–Kier alpha value is -0.570. The summed E-state index contributed by atoms with van der Waals surface area (Å²) in [4.78, 5) is 13.6. The molecule has 1 unspecified atom stereocenters. The SMILES string of the molecule is CCC1CCN(C(=O)C(O)C(C)C)CC1. The Bertz CT molecular complexity index is 208. The van der Waals surface area contributed by atoms with Gasteiger partial charge in [0.2, 0.25) is 0 Å². The molecular weight excluding hydrogens is 190 g/mol. The topological polar surface area (TPSA) is 40.5 Å². The van der Waals surface area contributed by atoms with E-state index in [0.29, 0.717) is 0 Å². The molecule has 0 saturated carbocycles. The summed E-state index contributed by atoms with van der Waals surface area (Å²) in [6.45, 7) is 7.59. The smallest absolute Gasteiger partial charge is 0.251 e. The molecule has 1 saturated heterocycles. The van der Waals surface area contributed by atoms with E-state index in [0.717, 1.165) is 31.8 Å². The molecule has 88 valence electrons. The highest BCUT2D eigenvalue weighted by molar-refractivity contribution is 5.80. The van der Waals surface area contributed by atoms with Crippen molar-refractivity contribution in [3.63, 3.8) is 0 Å². The molecule has 1 rings (SSSR count). The summed E-state index contributed by atoms with van der Waals surface area (Å²) in [5.74, 6) is 0.700. The zero-order chi connectivity index (χ0) is 11.4. The van der Waals surface area contributed by atoms with Crippen molar-refractivity contribution in [3.8, 4) is 0 Å². The number of amides is 1. The summed E-state index contributed by atoms with van der Waals surface area (Å²) in [5, 5.41) is 9.68. The third-order valence-electron chi connectivity index (χ3n) is 3.39. The molecule has 1 heterocycles. The van der Waals surface area contributed by atoms with E-state index in [9.17, 15) is 9.90 Å². The predicted molar refractivity (Wildman–Crippen MR) is 60.4 cm³/mol. The van der Waals surface area contributed by atoms with Crippen molar-refractivity contribution in [1.29, 1.82) is 0 Å². The van der Waals surface area contributed by atoms with E-state index in [1.807, 2.05) is 18.7 Å². The van der Waals surface area contributed by atoms with Gasteiger partial charge in [0.25, 0.3) is 5.91 Å². The molecule has 3 nitrogen and oxygen atoms in total. The fraction of sp³-hybridized carbons (Fsp3) is 0.917. The van der Waals surface area contributed by atoms with E-state index in [1.54, 1.807) is 0 Å². The number of aliphatic hydroxyl groups excluding tert-OH is 1. The monoisotopic (exact) mass is 213 g/mol. The molecule has 0 aromatic carbocycles. The number of piperidine rings is 1. The number of hydrogen-bond acceptors (Lipinski definition) is 2. The van der Waals surface area contributed by atoms with Crippen LogP contribution in [0.1, 0.15) is 40.0 Å². The van der Waals surface area contributed by atoms with Gasteiger partial charge in [-0.15, -0.1) is 0 Å². The van der Waals surface area contributed by atoms with Gasteiger partial charge in [-0.05, 0) is 24.7 Å². The lowest BCUT2D eigenvalue weighted by Crippen LogP contribution is -2.45. The van der Waals surface area contributed by atoms with E-state index in [2.05, 4.69) is 6.92 Å². The molecule has 1 atom stereocenters. The second-order valence-electron chi connectivity index (χ2n) is 4.87. The number of aliphatic hydroxyl groups is 1. The third-order valence-corrected chi connectivity index (χ3v) is 3.39. The molecule has 0 radical (unpaired) electrons. The minimum absolute atomic E-state index is 0.0152. The average molecular weight is 213 g/mol. The highest BCUT2D eigenvalue weighted by Gasteiger charge is 2.27. The molecule has 0 aromatic heterocycles. The maximum absolute atomic E-state index is 11.8. The molecule has 1 N–H and O–H groups in total. The molecule has 1 aliphatic rings. The fourth-order valence-electron chi connectivity index (χ4n) is 2.03. The highest BCUT2D eigenvalue weighted by atomic mass is 16.3. The van der Waals surface area contributed by atoms with Crippen molar-refractivity contribution in [1.82, 2.24) is 4.90 Å². The Morgan fingerprint density at radius 1 is 1.40 bits per heavy atom. The van der Waals surface area contributed by atoms with Gasteiger partial charge >= 0.3 is 0 Å². The van der Waals surface area contributed by atoms with Crippen LogP contribution in [0.5, 0.6) is 0 Å². The number of hydrogen-bond donors (Lipinski definition) is 1. The Morgan fingerprint density at radius 3 is 2.33 bits per heavy atom. The lowest BCUT2D eigenvalue weighted by atomic mass is 9.93. The quantitative estimate of drug-likeness (QED) is 0.774. The second-order valence-corrected chi connectivity index (χ2v) is 4.87. The largest absolute Gasteiger partial charge is 0.383 e. The van der Waals surface area contributed by atoms with Gasteiger partial charge in [-0.1, -0.05) is 27.2 Å².